The number of carbonyl (C=O) groups is 1. The van der Waals surface area contributed by atoms with Crippen molar-refractivity contribution >= 4 is 17.9 Å². The summed E-state index contributed by atoms with van der Waals surface area (Å²) >= 11 is 0. The van der Waals surface area contributed by atoms with E-state index < -0.39 is 5.97 Å². The van der Waals surface area contributed by atoms with E-state index in [1.54, 1.807) is 13.8 Å². The Morgan fingerprint density at radius 2 is 2.00 bits per heavy atom. The minimum Gasteiger partial charge on any atom is -0.459 e. The van der Waals surface area contributed by atoms with Gasteiger partial charge in [0.15, 0.2) is 0 Å². The van der Waals surface area contributed by atoms with Gasteiger partial charge in [-0.1, -0.05) is 0 Å². The monoisotopic (exact) mass is 209 g/mol. The summed E-state index contributed by atoms with van der Waals surface area (Å²) in [6.07, 6.45) is 0.907. The fourth-order valence-electron chi connectivity index (χ4n) is 0.917. The van der Waals surface area contributed by atoms with Gasteiger partial charge in [-0.05, 0) is 38.1 Å². The summed E-state index contributed by atoms with van der Waals surface area (Å²) in [7, 11) is 0. The molecule has 0 amide bonds. The molecule has 0 spiro atoms. The Balaban J connectivity index is 2.57. The van der Waals surface area contributed by atoms with Crippen LogP contribution in [0.4, 0.5) is 10.1 Å². The lowest BCUT2D eigenvalue weighted by Crippen LogP contribution is -2.11. The second-order valence-electron chi connectivity index (χ2n) is 3.22. The number of hydrogen-bond donors (Lipinski definition) is 0. The van der Waals surface area contributed by atoms with Gasteiger partial charge in [0.1, 0.15) is 12.0 Å². The van der Waals surface area contributed by atoms with Crippen molar-refractivity contribution in [2.24, 2.45) is 4.99 Å². The second-order valence-corrected chi connectivity index (χ2v) is 3.22. The van der Waals surface area contributed by atoms with Gasteiger partial charge in [0.05, 0.1) is 11.8 Å². The number of nitrogens with zero attached hydrogens (tertiary/aromatic N) is 1. The van der Waals surface area contributed by atoms with Crippen LogP contribution in [0.25, 0.3) is 0 Å². The third kappa shape index (κ3) is 4.35. The van der Waals surface area contributed by atoms with Crippen molar-refractivity contribution < 1.29 is 13.9 Å². The molecule has 0 unspecified atom stereocenters. The van der Waals surface area contributed by atoms with Crippen molar-refractivity contribution in [1.82, 2.24) is 0 Å². The van der Waals surface area contributed by atoms with Crippen molar-refractivity contribution in [2.75, 3.05) is 0 Å². The molecule has 0 saturated carbocycles. The summed E-state index contributed by atoms with van der Waals surface area (Å²) in [5, 5.41) is 0. The molecule has 4 heteroatoms. The predicted octanol–water partition coefficient (Wildman–Crippen LogP) is 2.48. The molecule has 80 valence electrons. The van der Waals surface area contributed by atoms with Crippen LogP contribution >= 0.6 is 0 Å². The van der Waals surface area contributed by atoms with Crippen LogP contribution in [0.2, 0.25) is 0 Å². The number of esters is 1. The Labute approximate surface area is 87.6 Å². The first-order valence-electron chi connectivity index (χ1n) is 4.58. The number of rotatable bonds is 3. The van der Waals surface area contributed by atoms with E-state index in [1.165, 1.54) is 24.3 Å². The molecule has 0 atom stereocenters. The van der Waals surface area contributed by atoms with Gasteiger partial charge in [-0.3, -0.25) is 0 Å². The largest absolute Gasteiger partial charge is 0.459 e. The molecule has 0 saturated heterocycles. The van der Waals surface area contributed by atoms with Crippen LogP contribution in [0, 0.1) is 5.82 Å². The Hall–Kier alpha value is -1.71. The molecule has 15 heavy (non-hydrogen) atoms. The maximum Gasteiger partial charge on any atom is 0.349 e. The van der Waals surface area contributed by atoms with Crippen LogP contribution in [0.5, 0.6) is 0 Å². The Kier molecular flexibility index (Phi) is 3.97. The van der Waals surface area contributed by atoms with Crippen LogP contribution in [-0.4, -0.2) is 18.3 Å². The molecular formula is C11H12FNO2. The number of halogens is 1. The van der Waals surface area contributed by atoms with Crippen LogP contribution in [0.15, 0.2) is 29.3 Å². The lowest BCUT2D eigenvalue weighted by Gasteiger charge is -2.03. The molecule has 0 heterocycles. The van der Waals surface area contributed by atoms with Gasteiger partial charge in [-0.15, -0.1) is 0 Å². The predicted molar refractivity (Wildman–Crippen MR) is 55.8 cm³/mol. The molecule has 1 rings (SSSR count). The summed E-state index contributed by atoms with van der Waals surface area (Å²) in [6.45, 7) is 3.51. The molecule has 0 aliphatic rings. The van der Waals surface area contributed by atoms with Crippen molar-refractivity contribution in [2.45, 2.75) is 20.0 Å². The first-order chi connectivity index (χ1) is 7.08. The van der Waals surface area contributed by atoms with E-state index in [4.69, 9.17) is 4.74 Å². The third-order valence-corrected chi connectivity index (χ3v) is 1.50. The smallest absolute Gasteiger partial charge is 0.349 e. The molecule has 0 aromatic heterocycles. The second kappa shape index (κ2) is 5.24. The zero-order chi connectivity index (χ0) is 11.3. The lowest BCUT2D eigenvalue weighted by molar-refractivity contribution is -0.138. The van der Waals surface area contributed by atoms with Gasteiger partial charge in [-0.25, -0.2) is 14.2 Å². The lowest BCUT2D eigenvalue weighted by atomic mass is 10.3. The van der Waals surface area contributed by atoms with E-state index in [1.807, 2.05) is 0 Å². The van der Waals surface area contributed by atoms with Gasteiger partial charge in [0.2, 0.25) is 0 Å². The SMILES string of the molecule is CC(C)OC(=O)C=Nc1ccc(F)cc1. The number of aliphatic imine (C=N–C) groups is 1. The van der Waals surface area contributed by atoms with Crippen molar-refractivity contribution in [3.63, 3.8) is 0 Å². The van der Waals surface area contributed by atoms with Crippen LogP contribution in [0.3, 0.4) is 0 Å². The Morgan fingerprint density at radius 1 is 1.40 bits per heavy atom. The fourth-order valence-corrected chi connectivity index (χ4v) is 0.917. The highest BCUT2D eigenvalue weighted by Gasteiger charge is 2.00. The van der Waals surface area contributed by atoms with E-state index in [-0.39, 0.29) is 11.9 Å². The van der Waals surface area contributed by atoms with E-state index in [0.29, 0.717) is 5.69 Å². The summed E-state index contributed by atoms with van der Waals surface area (Å²) < 4.78 is 17.3. The van der Waals surface area contributed by atoms with Crippen molar-refractivity contribution in [3.8, 4) is 0 Å². The maximum absolute atomic E-state index is 12.5. The highest BCUT2D eigenvalue weighted by atomic mass is 19.1. The summed E-state index contributed by atoms with van der Waals surface area (Å²) in [6, 6.07) is 5.52. The van der Waals surface area contributed by atoms with E-state index in [2.05, 4.69) is 4.99 Å². The first-order valence-corrected chi connectivity index (χ1v) is 4.58. The molecule has 0 aliphatic carbocycles. The normalized spacial score (nSPS) is 10.9. The number of ether oxygens (including phenoxy) is 1. The molecule has 0 fully saturated rings. The van der Waals surface area contributed by atoms with E-state index in [9.17, 15) is 9.18 Å². The Bertz CT molecular complexity index is 357. The van der Waals surface area contributed by atoms with Crippen molar-refractivity contribution in [3.05, 3.63) is 30.1 Å². The molecular weight excluding hydrogens is 197 g/mol. The molecule has 3 nitrogen and oxygen atoms in total. The first kappa shape index (κ1) is 11.4. The van der Waals surface area contributed by atoms with Crippen molar-refractivity contribution in [1.29, 1.82) is 0 Å². The molecule has 1 aromatic rings. The molecule has 0 bridgehead atoms. The van der Waals surface area contributed by atoms with Gasteiger partial charge >= 0.3 is 5.97 Å². The maximum atomic E-state index is 12.5. The number of benzene rings is 1. The van der Waals surface area contributed by atoms with Gasteiger partial charge in [-0.2, -0.15) is 0 Å². The van der Waals surface area contributed by atoms with Gasteiger partial charge in [0.25, 0.3) is 0 Å². The summed E-state index contributed by atoms with van der Waals surface area (Å²) in [4.78, 5) is 14.9. The number of hydrogen-bond acceptors (Lipinski definition) is 3. The number of carbonyl (C=O) groups excluding carboxylic acids is 1. The highest BCUT2D eigenvalue weighted by Crippen LogP contribution is 2.11. The molecule has 0 aliphatic heterocycles. The highest BCUT2D eigenvalue weighted by molar-refractivity contribution is 6.23. The van der Waals surface area contributed by atoms with Crippen LogP contribution in [0.1, 0.15) is 13.8 Å². The zero-order valence-corrected chi connectivity index (χ0v) is 8.61. The molecule has 0 radical (unpaired) electrons. The topological polar surface area (TPSA) is 38.7 Å². The standard InChI is InChI=1S/C11H12FNO2/c1-8(2)15-11(14)7-13-10-5-3-9(12)4-6-10/h3-8H,1-2H3. The van der Waals surface area contributed by atoms with Crippen LogP contribution in [-0.2, 0) is 9.53 Å². The minimum atomic E-state index is -0.505. The van der Waals surface area contributed by atoms with E-state index in [0.717, 1.165) is 6.21 Å². The van der Waals surface area contributed by atoms with E-state index >= 15 is 0 Å². The average molecular weight is 209 g/mol. The van der Waals surface area contributed by atoms with Crippen LogP contribution < -0.4 is 0 Å². The van der Waals surface area contributed by atoms with Gasteiger partial charge in [0, 0.05) is 0 Å². The third-order valence-electron chi connectivity index (χ3n) is 1.50. The Morgan fingerprint density at radius 3 is 2.53 bits per heavy atom. The fraction of sp³-hybridized carbons (Fsp3) is 0.273. The summed E-state index contributed by atoms with van der Waals surface area (Å²) in [5.74, 6) is -0.840. The zero-order valence-electron chi connectivity index (χ0n) is 8.61. The van der Waals surface area contributed by atoms with Gasteiger partial charge < -0.3 is 4.74 Å². The quantitative estimate of drug-likeness (QED) is 0.566. The molecule has 1 aromatic carbocycles. The molecule has 0 N–H and O–H groups in total. The summed E-state index contributed by atoms with van der Waals surface area (Å²) in [5.41, 5.74) is 0.511. The minimum absolute atomic E-state index is 0.169. The average Bonchev–Trinajstić information content (AvgIpc) is 2.16.